The first-order chi connectivity index (χ1) is 11.2. The molecule has 3 aromatic rings. The minimum absolute atomic E-state index is 0.0295. The van der Waals surface area contributed by atoms with E-state index in [0.717, 1.165) is 17.1 Å². The third kappa shape index (κ3) is 4.48. The normalized spacial score (nSPS) is 13.8. The average molecular weight is 345 g/mol. The van der Waals surface area contributed by atoms with Gasteiger partial charge in [0.15, 0.2) is 0 Å². The van der Waals surface area contributed by atoms with Crippen molar-refractivity contribution in [2.24, 2.45) is 0 Å². The highest BCUT2D eigenvalue weighted by Crippen LogP contribution is 2.26. The van der Waals surface area contributed by atoms with Crippen LogP contribution < -0.4 is 5.32 Å². The molecule has 0 spiro atoms. The van der Waals surface area contributed by atoms with Crippen LogP contribution >= 0.6 is 22.7 Å². The van der Waals surface area contributed by atoms with Crippen molar-refractivity contribution in [3.8, 4) is 10.6 Å². The molecule has 1 aromatic carbocycles. The molecule has 2 atom stereocenters. The van der Waals surface area contributed by atoms with Gasteiger partial charge in [0.05, 0.1) is 6.10 Å². The fourth-order valence-electron chi connectivity index (χ4n) is 2.34. The summed E-state index contributed by atoms with van der Waals surface area (Å²) < 4.78 is 0. The summed E-state index contributed by atoms with van der Waals surface area (Å²) in [6.07, 6.45) is 2.18. The molecule has 2 N–H and O–H groups in total. The minimum atomic E-state index is -0.401. The highest BCUT2D eigenvalue weighted by molar-refractivity contribution is 7.15. The van der Waals surface area contributed by atoms with Crippen LogP contribution in [0.1, 0.15) is 17.4 Å². The Balaban J connectivity index is 1.51. The molecular weight excluding hydrogens is 324 g/mol. The van der Waals surface area contributed by atoms with E-state index in [2.05, 4.69) is 27.1 Å². The molecule has 0 saturated heterocycles. The van der Waals surface area contributed by atoms with E-state index in [9.17, 15) is 5.11 Å². The fraction of sp³-hybridized carbons (Fsp3) is 0.278. The lowest BCUT2D eigenvalue weighted by Crippen LogP contribution is -2.38. The number of rotatable bonds is 7. The number of nitrogens with zero attached hydrogens (tertiary/aromatic N) is 1. The Bertz CT molecular complexity index is 710. The number of benzene rings is 1. The van der Waals surface area contributed by atoms with Gasteiger partial charge in [-0.25, -0.2) is 4.98 Å². The van der Waals surface area contributed by atoms with E-state index in [0.29, 0.717) is 6.42 Å². The summed E-state index contributed by atoms with van der Waals surface area (Å²) in [4.78, 5) is 5.66. The van der Waals surface area contributed by atoms with Crippen LogP contribution in [0.25, 0.3) is 10.6 Å². The standard InChI is InChI=1S/C18H20N2OS2/c1-13(17(21)9-14-5-3-2-4-6-14)19-10-16-11-20-18(23-16)15-7-8-22-12-15/h2-8,11-13,17,19,21H,9-10H2,1H3. The van der Waals surface area contributed by atoms with Gasteiger partial charge in [0.25, 0.3) is 0 Å². The van der Waals surface area contributed by atoms with Crippen LogP contribution in [0.3, 0.4) is 0 Å². The Morgan fingerprint density at radius 3 is 2.78 bits per heavy atom. The SMILES string of the molecule is CC(NCc1cnc(-c2ccsc2)s1)C(O)Cc1ccccc1. The maximum atomic E-state index is 10.3. The highest BCUT2D eigenvalue weighted by atomic mass is 32.1. The molecule has 2 heterocycles. The summed E-state index contributed by atoms with van der Waals surface area (Å²) in [7, 11) is 0. The number of nitrogens with one attached hydrogen (secondary N) is 1. The lowest BCUT2D eigenvalue weighted by Gasteiger charge is -2.20. The molecule has 2 aromatic heterocycles. The van der Waals surface area contributed by atoms with Gasteiger partial charge in [-0.1, -0.05) is 30.3 Å². The van der Waals surface area contributed by atoms with Crippen molar-refractivity contribution in [1.29, 1.82) is 0 Å². The summed E-state index contributed by atoms with van der Waals surface area (Å²) in [5, 5.41) is 19.0. The van der Waals surface area contributed by atoms with E-state index in [1.54, 1.807) is 22.7 Å². The number of aromatic nitrogens is 1. The summed E-state index contributed by atoms with van der Waals surface area (Å²) in [6, 6.07) is 12.2. The maximum Gasteiger partial charge on any atom is 0.124 e. The molecule has 0 bridgehead atoms. The van der Waals surface area contributed by atoms with Gasteiger partial charge >= 0.3 is 0 Å². The Labute approximate surface area is 144 Å². The zero-order valence-electron chi connectivity index (χ0n) is 13.0. The third-order valence-electron chi connectivity index (χ3n) is 3.78. The Morgan fingerprint density at radius 2 is 2.04 bits per heavy atom. The molecular formula is C18H20N2OS2. The second-order valence-electron chi connectivity index (χ2n) is 5.57. The Morgan fingerprint density at radius 1 is 1.22 bits per heavy atom. The first-order valence-corrected chi connectivity index (χ1v) is 9.41. The van der Waals surface area contributed by atoms with Crippen molar-refractivity contribution in [2.45, 2.75) is 32.0 Å². The molecule has 0 fully saturated rings. The third-order valence-corrected chi connectivity index (χ3v) is 5.51. The molecule has 120 valence electrons. The van der Waals surface area contributed by atoms with Gasteiger partial charge in [-0.15, -0.1) is 11.3 Å². The zero-order valence-corrected chi connectivity index (χ0v) is 14.6. The predicted molar refractivity (Wildman–Crippen MR) is 97.9 cm³/mol. The monoisotopic (exact) mass is 344 g/mol. The van der Waals surface area contributed by atoms with Crippen LogP contribution in [0.4, 0.5) is 0 Å². The molecule has 3 rings (SSSR count). The number of aliphatic hydroxyl groups is 1. The van der Waals surface area contributed by atoms with Crippen molar-refractivity contribution in [1.82, 2.24) is 10.3 Å². The Hall–Kier alpha value is -1.53. The van der Waals surface area contributed by atoms with Crippen LogP contribution in [0.15, 0.2) is 53.4 Å². The molecule has 0 aliphatic heterocycles. The summed E-state index contributed by atoms with van der Waals surface area (Å²) in [6.45, 7) is 2.75. The summed E-state index contributed by atoms with van der Waals surface area (Å²) in [5.74, 6) is 0. The van der Waals surface area contributed by atoms with Crippen molar-refractivity contribution in [3.05, 3.63) is 63.8 Å². The molecule has 5 heteroatoms. The second-order valence-corrected chi connectivity index (χ2v) is 7.47. The van der Waals surface area contributed by atoms with E-state index >= 15 is 0 Å². The van der Waals surface area contributed by atoms with Gasteiger partial charge < -0.3 is 10.4 Å². The first kappa shape index (κ1) is 16.3. The van der Waals surface area contributed by atoms with Gasteiger partial charge in [0, 0.05) is 34.6 Å². The maximum absolute atomic E-state index is 10.3. The van der Waals surface area contributed by atoms with Crippen molar-refractivity contribution >= 4 is 22.7 Å². The lowest BCUT2D eigenvalue weighted by molar-refractivity contribution is 0.134. The molecule has 0 radical (unpaired) electrons. The molecule has 3 nitrogen and oxygen atoms in total. The van der Waals surface area contributed by atoms with E-state index < -0.39 is 6.10 Å². The molecule has 2 unspecified atom stereocenters. The number of thiophene rings is 1. The van der Waals surface area contributed by atoms with Gasteiger partial charge in [-0.05, 0) is 30.4 Å². The quantitative estimate of drug-likeness (QED) is 0.682. The number of hydrogen-bond acceptors (Lipinski definition) is 5. The zero-order chi connectivity index (χ0) is 16.1. The van der Waals surface area contributed by atoms with Crippen LogP contribution in [0.5, 0.6) is 0 Å². The molecule has 0 aliphatic rings. The van der Waals surface area contributed by atoms with Gasteiger partial charge in [0.1, 0.15) is 5.01 Å². The molecule has 0 saturated carbocycles. The highest BCUT2D eigenvalue weighted by Gasteiger charge is 2.15. The average Bonchev–Trinajstić information content (AvgIpc) is 3.24. The van der Waals surface area contributed by atoms with Crippen molar-refractivity contribution < 1.29 is 5.11 Å². The number of hydrogen-bond donors (Lipinski definition) is 2. The topological polar surface area (TPSA) is 45.2 Å². The van der Waals surface area contributed by atoms with Crippen LogP contribution in [-0.4, -0.2) is 22.2 Å². The van der Waals surface area contributed by atoms with Crippen LogP contribution in [-0.2, 0) is 13.0 Å². The van der Waals surface area contributed by atoms with Gasteiger partial charge in [-0.2, -0.15) is 11.3 Å². The van der Waals surface area contributed by atoms with E-state index in [1.165, 1.54) is 10.4 Å². The lowest BCUT2D eigenvalue weighted by atomic mass is 10.0. The summed E-state index contributed by atoms with van der Waals surface area (Å²) in [5.41, 5.74) is 2.34. The fourth-order valence-corrected chi connectivity index (χ4v) is 3.91. The number of aliphatic hydroxyl groups excluding tert-OH is 1. The van der Waals surface area contributed by atoms with Crippen LogP contribution in [0.2, 0.25) is 0 Å². The minimum Gasteiger partial charge on any atom is -0.391 e. The van der Waals surface area contributed by atoms with E-state index in [-0.39, 0.29) is 6.04 Å². The van der Waals surface area contributed by atoms with E-state index in [4.69, 9.17) is 0 Å². The second kappa shape index (κ2) is 7.84. The molecule has 0 amide bonds. The van der Waals surface area contributed by atoms with E-state index in [1.807, 2.05) is 43.5 Å². The smallest absolute Gasteiger partial charge is 0.124 e. The van der Waals surface area contributed by atoms with Crippen molar-refractivity contribution in [2.75, 3.05) is 0 Å². The van der Waals surface area contributed by atoms with Gasteiger partial charge in [-0.3, -0.25) is 0 Å². The Kier molecular flexibility index (Phi) is 5.56. The molecule has 23 heavy (non-hydrogen) atoms. The molecule has 0 aliphatic carbocycles. The van der Waals surface area contributed by atoms with Crippen LogP contribution in [0, 0.1) is 0 Å². The van der Waals surface area contributed by atoms with Gasteiger partial charge in [0.2, 0.25) is 0 Å². The number of thiazole rings is 1. The first-order valence-electron chi connectivity index (χ1n) is 7.65. The predicted octanol–water partition coefficient (Wildman–Crippen LogP) is 3.95. The summed E-state index contributed by atoms with van der Waals surface area (Å²) >= 11 is 3.38. The largest absolute Gasteiger partial charge is 0.391 e. The van der Waals surface area contributed by atoms with Crippen molar-refractivity contribution in [3.63, 3.8) is 0 Å².